The van der Waals surface area contributed by atoms with Crippen molar-refractivity contribution < 1.29 is 9.53 Å². The van der Waals surface area contributed by atoms with Crippen molar-refractivity contribution >= 4 is 18.6 Å². The molecule has 2 nitrogen and oxygen atoms in total. The van der Waals surface area contributed by atoms with Gasteiger partial charge in [-0.25, -0.2) is 0 Å². The highest BCUT2D eigenvalue weighted by atomic mass is 32.1. The van der Waals surface area contributed by atoms with Crippen LogP contribution >= 0.6 is 12.6 Å². The Bertz CT molecular complexity index is 115. The Balaban J connectivity index is 3.22. The van der Waals surface area contributed by atoms with Gasteiger partial charge in [0, 0.05) is 6.92 Å². The Labute approximate surface area is 73.7 Å². The second kappa shape index (κ2) is 6.53. The molecule has 1 atom stereocenters. The molecule has 65 valence electrons. The number of hydrogen-bond donors (Lipinski definition) is 0. The average molecular weight is 175 g/mol. The fraction of sp³-hybridized carbons (Fsp3) is 0.875. The third-order valence-electron chi connectivity index (χ3n) is 1.34. The van der Waals surface area contributed by atoms with Crippen molar-refractivity contribution in [1.29, 1.82) is 0 Å². The maximum absolute atomic E-state index is 10.4. The Morgan fingerprint density at radius 2 is 2.18 bits per heavy atom. The van der Waals surface area contributed by atoms with Gasteiger partial charge in [-0.3, -0.25) is 4.79 Å². The molecule has 1 radical (unpaired) electrons. The lowest BCUT2D eigenvalue weighted by molar-refractivity contribution is -0.142. The summed E-state index contributed by atoms with van der Waals surface area (Å²) in [6, 6.07) is 0. The molecule has 0 aliphatic heterocycles. The van der Waals surface area contributed by atoms with Gasteiger partial charge in [-0.1, -0.05) is 19.8 Å². The highest BCUT2D eigenvalue weighted by molar-refractivity contribution is 7.80. The van der Waals surface area contributed by atoms with E-state index in [0.717, 1.165) is 19.3 Å². The van der Waals surface area contributed by atoms with Crippen LogP contribution in [0.3, 0.4) is 0 Å². The third kappa shape index (κ3) is 7.72. The van der Waals surface area contributed by atoms with E-state index in [9.17, 15) is 4.79 Å². The van der Waals surface area contributed by atoms with E-state index in [-0.39, 0.29) is 11.4 Å². The highest BCUT2D eigenvalue weighted by Crippen LogP contribution is 2.09. The van der Waals surface area contributed by atoms with E-state index in [1.54, 1.807) is 0 Å². The summed E-state index contributed by atoms with van der Waals surface area (Å²) >= 11 is 4.88. The normalized spacial score (nSPS) is 12.6. The molecule has 11 heavy (non-hydrogen) atoms. The molecular formula is C8H15O2S. The molecule has 0 N–H and O–H groups in total. The summed E-state index contributed by atoms with van der Waals surface area (Å²) in [4.78, 5) is 10.4. The molecular weight excluding hydrogens is 160 g/mol. The van der Waals surface area contributed by atoms with Gasteiger partial charge in [0.1, 0.15) is 0 Å². The number of ether oxygens (including phenoxy) is 1. The first-order valence-electron chi connectivity index (χ1n) is 4.00. The molecule has 0 aromatic carbocycles. The van der Waals surface area contributed by atoms with Crippen LogP contribution in [-0.4, -0.2) is 11.4 Å². The first-order chi connectivity index (χ1) is 5.16. The van der Waals surface area contributed by atoms with E-state index >= 15 is 0 Å². The number of carbonyl (C=O) groups excluding carboxylic acids is 1. The first kappa shape index (κ1) is 10.8. The average Bonchev–Trinajstić information content (AvgIpc) is 1.86. The Morgan fingerprint density at radius 1 is 1.55 bits per heavy atom. The van der Waals surface area contributed by atoms with Crippen LogP contribution in [0, 0.1) is 0 Å². The number of hydrogen-bond acceptors (Lipinski definition) is 2. The molecule has 0 saturated carbocycles. The maximum Gasteiger partial charge on any atom is 0.303 e. The predicted molar refractivity (Wildman–Crippen MR) is 47.3 cm³/mol. The van der Waals surface area contributed by atoms with Gasteiger partial charge in [-0.15, -0.1) is 0 Å². The summed E-state index contributed by atoms with van der Waals surface area (Å²) in [7, 11) is 0. The Kier molecular flexibility index (Phi) is 6.42. The van der Waals surface area contributed by atoms with E-state index in [1.807, 2.05) is 0 Å². The molecule has 0 aromatic heterocycles. The van der Waals surface area contributed by atoms with Crippen molar-refractivity contribution in [3.05, 3.63) is 0 Å². The van der Waals surface area contributed by atoms with E-state index < -0.39 is 0 Å². The molecule has 0 saturated heterocycles. The van der Waals surface area contributed by atoms with Gasteiger partial charge in [0.25, 0.3) is 0 Å². The van der Waals surface area contributed by atoms with Crippen molar-refractivity contribution in [2.24, 2.45) is 0 Å². The van der Waals surface area contributed by atoms with E-state index in [2.05, 4.69) is 6.92 Å². The molecule has 0 bridgehead atoms. The standard InChI is InChI=1S/C8H15O2S/c1-3-4-5-6-8(11)10-7(2)9/h8H,3-6H2,1-2H3. The molecule has 0 fully saturated rings. The van der Waals surface area contributed by atoms with Crippen LogP contribution in [-0.2, 0) is 9.53 Å². The largest absolute Gasteiger partial charge is 0.451 e. The van der Waals surface area contributed by atoms with E-state index in [4.69, 9.17) is 17.4 Å². The van der Waals surface area contributed by atoms with Crippen molar-refractivity contribution in [1.82, 2.24) is 0 Å². The van der Waals surface area contributed by atoms with Crippen molar-refractivity contribution in [3.8, 4) is 0 Å². The molecule has 0 aliphatic carbocycles. The molecule has 0 aliphatic rings. The SMILES string of the molecule is CCCCCC([S])OC(C)=O. The fourth-order valence-corrected chi connectivity index (χ4v) is 1.11. The topological polar surface area (TPSA) is 26.3 Å². The number of rotatable bonds is 5. The van der Waals surface area contributed by atoms with Crippen LogP contribution in [0.5, 0.6) is 0 Å². The zero-order valence-corrected chi connectivity index (χ0v) is 7.95. The summed E-state index contributed by atoms with van der Waals surface area (Å²) in [5.41, 5.74) is -0.320. The van der Waals surface area contributed by atoms with Crippen LogP contribution in [0.2, 0.25) is 0 Å². The molecule has 0 spiro atoms. The van der Waals surface area contributed by atoms with E-state index in [1.165, 1.54) is 13.3 Å². The van der Waals surface area contributed by atoms with Gasteiger partial charge in [-0.2, -0.15) is 0 Å². The minimum absolute atomic E-state index is 0.276. The lowest BCUT2D eigenvalue weighted by atomic mass is 10.2. The van der Waals surface area contributed by atoms with Crippen molar-refractivity contribution in [2.75, 3.05) is 0 Å². The fourth-order valence-electron chi connectivity index (χ4n) is 0.805. The first-order valence-corrected chi connectivity index (χ1v) is 4.47. The molecule has 0 rings (SSSR count). The quantitative estimate of drug-likeness (QED) is 0.474. The van der Waals surface area contributed by atoms with Crippen molar-refractivity contribution in [3.63, 3.8) is 0 Å². The Hall–Kier alpha value is -0.180. The van der Waals surface area contributed by atoms with Gasteiger partial charge in [-0.05, 0) is 25.5 Å². The van der Waals surface area contributed by atoms with Gasteiger partial charge >= 0.3 is 5.97 Å². The minimum Gasteiger partial charge on any atom is -0.451 e. The lowest BCUT2D eigenvalue weighted by Crippen LogP contribution is -2.09. The van der Waals surface area contributed by atoms with Gasteiger partial charge in [0.15, 0.2) is 5.44 Å². The zero-order chi connectivity index (χ0) is 8.69. The van der Waals surface area contributed by atoms with Gasteiger partial charge in [0.2, 0.25) is 0 Å². The van der Waals surface area contributed by atoms with Crippen LogP contribution in [0.25, 0.3) is 0 Å². The second-order valence-electron chi connectivity index (χ2n) is 2.53. The molecule has 0 heterocycles. The summed E-state index contributed by atoms with van der Waals surface area (Å²) in [5, 5.41) is 0. The lowest BCUT2D eigenvalue weighted by Gasteiger charge is -2.08. The maximum atomic E-state index is 10.4. The van der Waals surface area contributed by atoms with Gasteiger partial charge < -0.3 is 4.74 Å². The van der Waals surface area contributed by atoms with Crippen molar-refractivity contribution in [2.45, 2.75) is 45.0 Å². The second-order valence-corrected chi connectivity index (χ2v) is 3.06. The Morgan fingerprint density at radius 3 is 2.64 bits per heavy atom. The monoisotopic (exact) mass is 175 g/mol. The number of esters is 1. The minimum atomic E-state index is -0.320. The van der Waals surface area contributed by atoms with Crippen LogP contribution in [0.4, 0.5) is 0 Å². The number of unbranched alkanes of at least 4 members (excludes halogenated alkanes) is 2. The van der Waals surface area contributed by atoms with Gasteiger partial charge in [0.05, 0.1) is 0 Å². The van der Waals surface area contributed by atoms with E-state index in [0.29, 0.717) is 0 Å². The third-order valence-corrected chi connectivity index (χ3v) is 1.67. The summed E-state index contributed by atoms with van der Waals surface area (Å²) in [6.45, 7) is 3.52. The molecule has 3 heteroatoms. The summed E-state index contributed by atoms with van der Waals surface area (Å²) in [6.07, 6.45) is 4.19. The summed E-state index contributed by atoms with van der Waals surface area (Å²) in [5.74, 6) is -0.276. The predicted octanol–water partition coefficient (Wildman–Crippen LogP) is 2.65. The molecule has 0 aromatic rings. The highest BCUT2D eigenvalue weighted by Gasteiger charge is 2.05. The molecule has 0 amide bonds. The number of carbonyl (C=O) groups is 1. The smallest absolute Gasteiger partial charge is 0.303 e. The molecule has 1 unspecified atom stereocenters. The summed E-state index contributed by atoms with van der Waals surface area (Å²) < 4.78 is 4.77. The zero-order valence-electron chi connectivity index (χ0n) is 7.13. The van der Waals surface area contributed by atoms with Crippen LogP contribution in [0.15, 0.2) is 0 Å². The van der Waals surface area contributed by atoms with Crippen LogP contribution in [0.1, 0.15) is 39.5 Å². The van der Waals surface area contributed by atoms with Crippen LogP contribution < -0.4 is 0 Å².